The molecule has 2 aliphatic heterocycles. The molecule has 1 amide bonds. The summed E-state index contributed by atoms with van der Waals surface area (Å²) in [6.45, 7) is 4.33. The highest BCUT2D eigenvalue weighted by Gasteiger charge is 2.32. The second kappa shape index (κ2) is 7.68. The third kappa shape index (κ3) is 3.82. The normalized spacial score (nSPS) is 18.8. The summed E-state index contributed by atoms with van der Waals surface area (Å²) in [4.78, 5) is 14.5. The number of sulfonamides is 1. The Bertz CT molecular complexity index is 1010. The first-order chi connectivity index (χ1) is 13.9. The van der Waals surface area contributed by atoms with E-state index in [1.807, 2.05) is 18.2 Å². The van der Waals surface area contributed by atoms with E-state index in [9.17, 15) is 13.2 Å². The number of nitrogens with zero attached hydrogens (tertiary/aromatic N) is 2. The second-order valence-electron chi connectivity index (χ2n) is 7.13. The maximum Gasteiger partial charge on any atom is 0.246 e. The molecule has 9 nitrogen and oxygen atoms in total. The van der Waals surface area contributed by atoms with E-state index in [2.05, 4.69) is 9.88 Å². The number of aryl methyl sites for hydroxylation is 2. The molecule has 156 valence electrons. The third-order valence-electron chi connectivity index (χ3n) is 5.17. The molecule has 10 heteroatoms. The summed E-state index contributed by atoms with van der Waals surface area (Å²) >= 11 is 0. The van der Waals surface area contributed by atoms with Crippen LogP contribution in [0.5, 0.6) is 11.5 Å². The lowest BCUT2D eigenvalue weighted by Gasteiger charge is -2.27. The first kappa shape index (κ1) is 19.7. The maximum absolute atomic E-state index is 12.8. The number of nitrogens with one attached hydrogen (secondary N) is 1. The van der Waals surface area contributed by atoms with Crippen LogP contribution in [-0.4, -0.2) is 50.7 Å². The van der Waals surface area contributed by atoms with Crippen molar-refractivity contribution in [2.24, 2.45) is 0 Å². The molecular formula is C19H23N3O6S. The Kier molecular flexibility index (Phi) is 5.22. The number of carbonyl (C=O) groups is 1. The predicted molar refractivity (Wildman–Crippen MR) is 102 cm³/mol. The van der Waals surface area contributed by atoms with Crippen LogP contribution in [0, 0.1) is 13.8 Å². The lowest BCUT2D eigenvalue weighted by atomic mass is 10.0. The average Bonchev–Trinajstić information content (AvgIpc) is 3.32. The van der Waals surface area contributed by atoms with E-state index >= 15 is 0 Å². The zero-order valence-electron chi connectivity index (χ0n) is 16.3. The molecule has 0 spiro atoms. The van der Waals surface area contributed by atoms with Gasteiger partial charge in [-0.15, -0.1) is 0 Å². The lowest BCUT2D eigenvalue weighted by molar-refractivity contribution is -0.130. The molecule has 1 atom stereocenters. The summed E-state index contributed by atoms with van der Waals surface area (Å²) in [5.41, 5.74) is 1.21. The van der Waals surface area contributed by atoms with E-state index in [4.69, 9.17) is 14.0 Å². The van der Waals surface area contributed by atoms with Crippen LogP contribution in [0.1, 0.15) is 35.9 Å². The zero-order valence-corrected chi connectivity index (χ0v) is 17.1. The van der Waals surface area contributed by atoms with Crippen LogP contribution < -0.4 is 14.2 Å². The van der Waals surface area contributed by atoms with Gasteiger partial charge in [-0.1, -0.05) is 11.2 Å². The van der Waals surface area contributed by atoms with Gasteiger partial charge < -0.3 is 18.9 Å². The van der Waals surface area contributed by atoms with Gasteiger partial charge in [0, 0.05) is 6.54 Å². The minimum Gasteiger partial charge on any atom is -0.486 e. The molecule has 1 N–H and O–H groups in total. The smallest absolute Gasteiger partial charge is 0.246 e. The standard InChI is InChI=1S/C19H23N3O6S/c1-12-19(13(2)28-21-12)29(24,25)20-11-18(23)22-7-3-4-15(22)14-5-6-16-17(10-14)27-9-8-26-16/h5-6,10,15,20H,3-4,7-9,11H2,1-2H3/t15-/m1/s1. The summed E-state index contributed by atoms with van der Waals surface area (Å²) in [5, 5.41) is 3.66. The van der Waals surface area contributed by atoms with Crippen molar-refractivity contribution in [3.05, 3.63) is 35.2 Å². The van der Waals surface area contributed by atoms with Crippen LogP contribution in [0.15, 0.2) is 27.6 Å². The number of ether oxygens (including phenoxy) is 2. The molecule has 1 aromatic heterocycles. The topological polar surface area (TPSA) is 111 Å². The van der Waals surface area contributed by atoms with Gasteiger partial charge in [-0.2, -0.15) is 0 Å². The van der Waals surface area contributed by atoms with Gasteiger partial charge in [0.2, 0.25) is 15.9 Å². The van der Waals surface area contributed by atoms with Gasteiger partial charge in [0.15, 0.2) is 17.3 Å². The molecule has 0 aliphatic carbocycles. The average molecular weight is 421 g/mol. The van der Waals surface area contributed by atoms with E-state index < -0.39 is 10.0 Å². The largest absolute Gasteiger partial charge is 0.486 e. The molecule has 0 radical (unpaired) electrons. The molecule has 2 aliphatic rings. The van der Waals surface area contributed by atoms with Crippen molar-refractivity contribution in [1.29, 1.82) is 0 Å². The van der Waals surface area contributed by atoms with Gasteiger partial charge in [-0.3, -0.25) is 4.79 Å². The maximum atomic E-state index is 12.8. The number of amides is 1. The number of benzene rings is 1. The predicted octanol–water partition coefficient (Wildman–Crippen LogP) is 1.70. The molecule has 1 saturated heterocycles. The minimum atomic E-state index is -3.89. The highest BCUT2D eigenvalue weighted by atomic mass is 32.2. The van der Waals surface area contributed by atoms with Crippen LogP contribution in [-0.2, 0) is 14.8 Å². The summed E-state index contributed by atoms with van der Waals surface area (Å²) in [6.07, 6.45) is 1.66. The van der Waals surface area contributed by atoms with Crippen LogP contribution in [0.3, 0.4) is 0 Å². The molecule has 2 aromatic rings. The van der Waals surface area contributed by atoms with E-state index in [1.165, 1.54) is 6.92 Å². The lowest BCUT2D eigenvalue weighted by Crippen LogP contribution is -2.40. The quantitative estimate of drug-likeness (QED) is 0.782. The molecule has 1 aromatic carbocycles. The molecule has 0 bridgehead atoms. The molecule has 1 fully saturated rings. The minimum absolute atomic E-state index is 0.0184. The Morgan fingerprint density at radius 3 is 2.72 bits per heavy atom. The van der Waals surface area contributed by atoms with Crippen LogP contribution in [0.4, 0.5) is 0 Å². The first-order valence-electron chi connectivity index (χ1n) is 9.48. The van der Waals surface area contributed by atoms with Gasteiger partial charge in [0.05, 0.1) is 12.6 Å². The van der Waals surface area contributed by atoms with Crippen molar-refractivity contribution in [1.82, 2.24) is 14.8 Å². The van der Waals surface area contributed by atoms with Crippen molar-refractivity contribution in [2.45, 2.75) is 37.6 Å². The number of aromatic nitrogens is 1. The first-order valence-corrected chi connectivity index (χ1v) is 11.0. The fraction of sp³-hybridized carbons (Fsp3) is 0.474. The van der Waals surface area contributed by atoms with Gasteiger partial charge in [0.1, 0.15) is 23.8 Å². The highest BCUT2D eigenvalue weighted by molar-refractivity contribution is 7.89. The van der Waals surface area contributed by atoms with E-state index in [0.29, 0.717) is 31.3 Å². The molecule has 3 heterocycles. The molecule has 29 heavy (non-hydrogen) atoms. The van der Waals surface area contributed by atoms with Crippen molar-refractivity contribution in [2.75, 3.05) is 26.3 Å². The number of rotatable bonds is 5. The van der Waals surface area contributed by atoms with Crippen molar-refractivity contribution in [3.63, 3.8) is 0 Å². The Hall–Kier alpha value is -2.59. The zero-order chi connectivity index (χ0) is 20.6. The fourth-order valence-electron chi connectivity index (χ4n) is 3.87. The summed E-state index contributed by atoms with van der Waals surface area (Å²) in [5.74, 6) is 1.28. The fourth-order valence-corrected chi connectivity index (χ4v) is 5.17. The van der Waals surface area contributed by atoms with Crippen LogP contribution in [0.2, 0.25) is 0 Å². The van der Waals surface area contributed by atoms with Crippen molar-refractivity contribution in [3.8, 4) is 11.5 Å². The number of carbonyl (C=O) groups excluding carboxylic acids is 1. The van der Waals surface area contributed by atoms with Gasteiger partial charge in [-0.05, 0) is 44.4 Å². The molecule has 0 saturated carbocycles. The van der Waals surface area contributed by atoms with E-state index in [0.717, 1.165) is 18.4 Å². The summed E-state index contributed by atoms with van der Waals surface area (Å²) in [6, 6.07) is 5.56. The molecular weight excluding hydrogens is 398 g/mol. The molecule has 0 unspecified atom stereocenters. The van der Waals surface area contributed by atoms with Gasteiger partial charge in [0.25, 0.3) is 0 Å². The van der Waals surface area contributed by atoms with Gasteiger partial charge >= 0.3 is 0 Å². The number of hydrogen-bond donors (Lipinski definition) is 1. The monoisotopic (exact) mass is 421 g/mol. The number of likely N-dealkylation sites (tertiary alicyclic amines) is 1. The molecule has 4 rings (SSSR count). The van der Waals surface area contributed by atoms with Crippen molar-refractivity contribution < 1.29 is 27.2 Å². The Morgan fingerprint density at radius 2 is 2.00 bits per heavy atom. The van der Waals surface area contributed by atoms with Crippen LogP contribution >= 0.6 is 0 Å². The van der Waals surface area contributed by atoms with Crippen molar-refractivity contribution >= 4 is 15.9 Å². The Labute approximate surface area is 169 Å². The highest BCUT2D eigenvalue weighted by Crippen LogP contribution is 2.38. The van der Waals surface area contributed by atoms with Crippen LogP contribution in [0.25, 0.3) is 0 Å². The third-order valence-corrected chi connectivity index (χ3v) is 6.82. The Balaban J connectivity index is 1.47. The summed E-state index contributed by atoms with van der Waals surface area (Å²) < 4.78 is 43.6. The number of fused-ring (bicyclic) bond motifs is 1. The number of hydrogen-bond acceptors (Lipinski definition) is 7. The van der Waals surface area contributed by atoms with E-state index in [-0.39, 0.29) is 34.8 Å². The van der Waals surface area contributed by atoms with E-state index in [1.54, 1.807) is 11.8 Å². The second-order valence-corrected chi connectivity index (χ2v) is 8.83. The SMILES string of the molecule is Cc1noc(C)c1S(=O)(=O)NCC(=O)N1CCC[C@@H]1c1ccc2c(c1)OCCO2. The summed E-state index contributed by atoms with van der Waals surface area (Å²) in [7, 11) is -3.89. The Morgan fingerprint density at radius 1 is 1.24 bits per heavy atom. The van der Waals surface area contributed by atoms with Gasteiger partial charge in [-0.25, -0.2) is 13.1 Å².